The monoisotopic (exact) mass is 274 g/mol. The van der Waals surface area contributed by atoms with Gasteiger partial charge in [0, 0.05) is 12.7 Å². The Balaban J connectivity index is 2.24. The Kier molecular flexibility index (Phi) is 4.86. The van der Waals surface area contributed by atoms with E-state index < -0.39 is 0 Å². The lowest BCUT2D eigenvalue weighted by atomic mass is 10.2. The fraction of sp³-hybridized carbons (Fsp3) is 0.286. The molecule has 0 spiro atoms. The zero-order valence-electron chi connectivity index (χ0n) is 11.6. The number of hydrazine groups is 1. The number of nitrogen functional groups attached to an aromatic ring is 1. The zero-order chi connectivity index (χ0) is 14.4. The van der Waals surface area contributed by atoms with Gasteiger partial charge in [-0.15, -0.1) is 0 Å². The van der Waals surface area contributed by atoms with E-state index in [1.54, 1.807) is 6.07 Å². The number of nitrogens with one attached hydrogen (secondary N) is 1. The first kappa shape index (κ1) is 14.2. The molecule has 0 fully saturated rings. The minimum Gasteiger partial charge on any atom is -0.439 e. The van der Waals surface area contributed by atoms with Crippen LogP contribution in [0.5, 0.6) is 11.6 Å². The highest BCUT2D eigenvalue weighted by molar-refractivity contribution is 5.40. The SMILES string of the molecule is CCOCc1nc(NN)cc(Oc2ccccc2C)n1. The maximum atomic E-state index is 5.77. The van der Waals surface area contributed by atoms with Gasteiger partial charge < -0.3 is 14.9 Å². The first-order valence-corrected chi connectivity index (χ1v) is 6.38. The molecule has 2 aromatic rings. The first-order chi connectivity index (χ1) is 9.72. The van der Waals surface area contributed by atoms with E-state index in [-0.39, 0.29) is 0 Å². The summed E-state index contributed by atoms with van der Waals surface area (Å²) in [6.07, 6.45) is 0. The first-order valence-electron chi connectivity index (χ1n) is 6.38. The highest BCUT2D eigenvalue weighted by Gasteiger charge is 2.07. The van der Waals surface area contributed by atoms with Crippen molar-refractivity contribution in [2.75, 3.05) is 12.0 Å². The van der Waals surface area contributed by atoms with E-state index in [4.69, 9.17) is 15.3 Å². The number of para-hydroxylation sites is 1. The summed E-state index contributed by atoms with van der Waals surface area (Å²) in [5.74, 6) is 7.58. The fourth-order valence-corrected chi connectivity index (χ4v) is 1.64. The molecule has 6 heteroatoms. The Morgan fingerprint density at radius 2 is 2.05 bits per heavy atom. The van der Waals surface area contributed by atoms with Crippen molar-refractivity contribution < 1.29 is 9.47 Å². The molecule has 2 rings (SSSR count). The van der Waals surface area contributed by atoms with Crippen LogP contribution >= 0.6 is 0 Å². The van der Waals surface area contributed by atoms with E-state index in [1.165, 1.54) is 0 Å². The lowest BCUT2D eigenvalue weighted by Crippen LogP contribution is -2.11. The maximum Gasteiger partial charge on any atom is 0.224 e. The number of aromatic nitrogens is 2. The number of hydrogen-bond acceptors (Lipinski definition) is 6. The Labute approximate surface area is 117 Å². The van der Waals surface area contributed by atoms with Gasteiger partial charge in [0.1, 0.15) is 18.2 Å². The summed E-state index contributed by atoms with van der Waals surface area (Å²) in [7, 11) is 0. The molecule has 0 aliphatic heterocycles. The predicted octanol–water partition coefficient (Wildman–Crippen LogP) is 2.40. The van der Waals surface area contributed by atoms with Gasteiger partial charge in [-0.25, -0.2) is 10.8 Å². The minimum atomic E-state index is 0.316. The van der Waals surface area contributed by atoms with Crippen molar-refractivity contribution in [2.24, 2.45) is 5.84 Å². The number of rotatable bonds is 6. The van der Waals surface area contributed by atoms with Crippen molar-refractivity contribution in [3.8, 4) is 11.6 Å². The van der Waals surface area contributed by atoms with Gasteiger partial charge >= 0.3 is 0 Å². The van der Waals surface area contributed by atoms with Crippen molar-refractivity contribution in [1.29, 1.82) is 0 Å². The molecular formula is C14H18N4O2. The molecule has 3 N–H and O–H groups in total. The van der Waals surface area contributed by atoms with Crippen LogP contribution in [0, 0.1) is 6.92 Å². The quantitative estimate of drug-likeness (QED) is 0.621. The molecule has 0 saturated heterocycles. The van der Waals surface area contributed by atoms with Gasteiger partial charge in [-0.2, -0.15) is 4.98 Å². The normalized spacial score (nSPS) is 10.3. The summed E-state index contributed by atoms with van der Waals surface area (Å²) in [4.78, 5) is 8.50. The van der Waals surface area contributed by atoms with E-state index in [9.17, 15) is 0 Å². The largest absolute Gasteiger partial charge is 0.439 e. The predicted molar refractivity (Wildman–Crippen MR) is 76.4 cm³/mol. The molecule has 0 saturated carbocycles. The molecule has 0 bridgehead atoms. The van der Waals surface area contributed by atoms with Gasteiger partial charge in [0.05, 0.1) is 0 Å². The van der Waals surface area contributed by atoms with E-state index in [0.29, 0.717) is 30.7 Å². The van der Waals surface area contributed by atoms with Crippen LogP contribution in [0.15, 0.2) is 30.3 Å². The van der Waals surface area contributed by atoms with Crippen LogP contribution in [0.25, 0.3) is 0 Å². The minimum absolute atomic E-state index is 0.316. The maximum absolute atomic E-state index is 5.77. The highest BCUT2D eigenvalue weighted by atomic mass is 16.5. The van der Waals surface area contributed by atoms with Crippen LogP contribution in [-0.2, 0) is 11.3 Å². The summed E-state index contributed by atoms with van der Waals surface area (Å²) in [6.45, 7) is 4.79. The Bertz CT molecular complexity index is 575. The van der Waals surface area contributed by atoms with Crippen LogP contribution in [0.1, 0.15) is 18.3 Å². The van der Waals surface area contributed by atoms with Gasteiger partial charge in [0.15, 0.2) is 5.82 Å². The topological polar surface area (TPSA) is 82.3 Å². The number of anilines is 1. The number of nitrogens with two attached hydrogens (primary N) is 1. The van der Waals surface area contributed by atoms with E-state index in [0.717, 1.165) is 11.3 Å². The van der Waals surface area contributed by atoms with Crippen molar-refractivity contribution in [3.05, 3.63) is 41.7 Å². The van der Waals surface area contributed by atoms with Gasteiger partial charge in [0.2, 0.25) is 5.88 Å². The third kappa shape index (κ3) is 3.66. The van der Waals surface area contributed by atoms with Crippen molar-refractivity contribution in [3.63, 3.8) is 0 Å². The zero-order valence-corrected chi connectivity index (χ0v) is 11.6. The van der Waals surface area contributed by atoms with E-state index in [2.05, 4.69) is 15.4 Å². The van der Waals surface area contributed by atoms with Crippen LogP contribution in [0.4, 0.5) is 5.82 Å². The molecule has 1 aromatic carbocycles. The van der Waals surface area contributed by atoms with Gasteiger partial charge in [-0.05, 0) is 25.5 Å². The Morgan fingerprint density at radius 1 is 1.25 bits per heavy atom. The standard InChI is InChI=1S/C14H18N4O2/c1-3-19-9-13-16-12(18-15)8-14(17-13)20-11-7-5-4-6-10(11)2/h4-8H,3,9,15H2,1-2H3,(H,16,17,18). The molecule has 106 valence electrons. The molecule has 0 unspecified atom stereocenters. The lowest BCUT2D eigenvalue weighted by Gasteiger charge is -2.10. The molecule has 20 heavy (non-hydrogen) atoms. The number of nitrogens with zero attached hydrogens (tertiary/aromatic N) is 2. The smallest absolute Gasteiger partial charge is 0.224 e. The molecule has 0 radical (unpaired) electrons. The number of hydrogen-bond donors (Lipinski definition) is 2. The van der Waals surface area contributed by atoms with Crippen LogP contribution in [0.3, 0.4) is 0 Å². The summed E-state index contributed by atoms with van der Waals surface area (Å²) in [5, 5.41) is 0. The molecule has 1 aromatic heterocycles. The molecule has 0 aliphatic carbocycles. The highest BCUT2D eigenvalue weighted by Crippen LogP contribution is 2.24. The van der Waals surface area contributed by atoms with E-state index in [1.807, 2.05) is 38.1 Å². The van der Waals surface area contributed by atoms with Crippen molar-refractivity contribution in [1.82, 2.24) is 9.97 Å². The second-order valence-electron chi connectivity index (χ2n) is 4.16. The summed E-state index contributed by atoms with van der Waals surface area (Å²) in [6, 6.07) is 9.36. The van der Waals surface area contributed by atoms with Gasteiger partial charge in [0.25, 0.3) is 0 Å². The molecule has 0 atom stereocenters. The second-order valence-corrected chi connectivity index (χ2v) is 4.16. The van der Waals surface area contributed by atoms with Gasteiger partial charge in [-0.1, -0.05) is 18.2 Å². The lowest BCUT2D eigenvalue weighted by molar-refractivity contribution is 0.128. The van der Waals surface area contributed by atoms with E-state index >= 15 is 0 Å². The molecule has 6 nitrogen and oxygen atoms in total. The molecule has 0 amide bonds. The molecule has 1 heterocycles. The molecule has 0 aliphatic rings. The van der Waals surface area contributed by atoms with Gasteiger partial charge in [-0.3, -0.25) is 0 Å². The van der Waals surface area contributed by atoms with Crippen LogP contribution in [-0.4, -0.2) is 16.6 Å². The third-order valence-corrected chi connectivity index (χ3v) is 2.64. The Morgan fingerprint density at radius 3 is 2.75 bits per heavy atom. The van der Waals surface area contributed by atoms with Crippen LogP contribution in [0.2, 0.25) is 0 Å². The second kappa shape index (κ2) is 6.83. The van der Waals surface area contributed by atoms with Crippen molar-refractivity contribution in [2.45, 2.75) is 20.5 Å². The van der Waals surface area contributed by atoms with Crippen LogP contribution < -0.4 is 16.0 Å². The average Bonchev–Trinajstić information content (AvgIpc) is 2.47. The third-order valence-electron chi connectivity index (χ3n) is 2.64. The average molecular weight is 274 g/mol. The number of aryl methyl sites for hydroxylation is 1. The number of benzene rings is 1. The summed E-state index contributed by atoms with van der Waals surface area (Å²) >= 11 is 0. The molecular weight excluding hydrogens is 256 g/mol. The number of ether oxygens (including phenoxy) is 2. The summed E-state index contributed by atoms with van der Waals surface area (Å²) in [5.41, 5.74) is 3.53. The summed E-state index contributed by atoms with van der Waals surface area (Å²) < 4.78 is 11.1. The fourth-order valence-electron chi connectivity index (χ4n) is 1.64. The Hall–Kier alpha value is -2.18. The van der Waals surface area contributed by atoms with Crippen molar-refractivity contribution >= 4 is 5.82 Å².